The van der Waals surface area contributed by atoms with Gasteiger partial charge in [0.15, 0.2) is 11.6 Å². The highest BCUT2D eigenvalue weighted by Gasteiger charge is 2.34. The summed E-state index contributed by atoms with van der Waals surface area (Å²) in [5, 5.41) is 0. The van der Waals surface area contributed by atoms with Crippen molar-refractivity contribution in [1.29, 1.82) is 0 Å². The molecule has 0 amide bonds. The standard InChI is InChI=1S/C18H18N2O2/c1-19(2)13-9-5-7-11-15(13)18(22)16-12(17(11)21)8-6-10-14(16)20(3)4/h5-10H,1-4H3. The van der Waals surface area contributed by atoms with Gasteiger partial charge < -0.3 is 9.80 Å². The number of fused-ring (bicyclic) bond motifs is 2. The minimum atomic E-state index is -0.0861. The van der Waals surface area contributed by atoms with Crippen molar-refractivity contribution in [2.45, 2.75) is 0 Å². The van der Waals surface area contributed by atoms with Crippen LogP contribution in [0.15, 0.2) is 36.4 Å². The van der Waals surface area contributed by atoms with E-state index in [0.717, 1.165) is 11.4 Å². The van der Waals surface area contributed by atoms with Gasteiger partial charge in [-0.15, -0.1) is 0 Å². The molecule has 4 heteroatoms. The van der Waals surface area contributed by atoms with Crippen LogP contribution in [-0.4, -0.2) is 39.8 Å². The van der Waals surface area contributed by atoms with E-state index in [9.17, 15) is 9.59 Å². The monoisotopic (exact) mass is 294 g/mol. The molecular formula is C18H18N2O2. The minimum absolute atomic E-state index is 0.0850. The fraction of sp³-hybridized carbons (Fsp3) is 0.222. The molecule has 4 nitrogen and oxygen atoms in total. The van der Waals surface area contributed by atoms with E-state index in [0.29, 0.717) is 22.3 Å². The quantitative estimate of drug-likeness (QED) is 0.728. The number of hydrogen-bond donors (Lipinski definition) is 0. The summed E-state index contributed by atoms with van der Waals surface area (Å²) in [5.41, 5.74) is 3.52. The first-order chi connectivity index (χ1) is 10.4. The molecule has 0 heterocycles. The van der Waals surface area contributed by atoms with Gasteiger partial charge in [-0.05, 0) is 12.1 Å². The van der Waals surface area contributed by atoms with Gasteiger partial charge in [-0.2, -0.15) is 0 Å². The molecule has 3 rings (SSSR count). The third-order valence-corrected chi connectivity index (χ3v) is 3.99. The summed E-state index contributed by atoms with van der Waals surface area (Å²) in [4.78, 5) is 29.6. The molecule has 0 saturated heterocycles. The molecule has 0 radical (unpaired) electrons. The summed E-state index contributed by atoms with van der Waals surface area (Å²) in [6.45, 7) is 0. The summed E-state index contributed by atoms with van der Waals surface area (Å²) in [6, 6.07) is 10.8. The highest BCUT2D eigenvalue weighted by atomic mass is 16.1. The van der Waals surface area contributed by atoms with Crippen LogP contribution in [0.5, 0.6) is 0 Å². The lowest BCUT2D eigenvalue weighted by atomic mass is 9.82. The average Bonchev–Trinajstić information content (AvgIpc) is 2.51. The van der Waals surface area contributed by atoms with Gasteiger partial charge in [-0.3, -0.25) is 9.59 Å². The minimum Gasteiger partial charge on any atom is -0.377 e. The van der Waals surface area contributed by atoms with E-state index >= 15 is 0 Å². The predicted molar refractivity (Wildman–Crippen MR) is 88.4 cm³/mol. The van der Waals surface area contributed by atoms with Crippen LogP contribution in [0.3, 0.4) is 0 Å². The molecule has 0 spiro atoms. The van der Waals surface area contributed by atoms with Crippen LogP contribution in [0.2, 0.25) is 0 Å². The van der Waals surface area contributed by atoms with Crippen molar-refractivity contribution in [3.8, 4) is 0 Å². The lowest BCUT2D eigenvalue weighted by molar-refractivity contribution is 0.0980. The summed E-state index contributed by atoms with van der Waals surface area (Å²) < 4.78 is 0. The Morgan fingerprint density at radius 1 is 0.636 bits per heavy atom. The number of carbonyl (C=O) groups excluding carboxylic acids is 2. The number of nitrogens with zero attached hydrogens (tertiary/aromatic N) is 2. The van der Waals surface area contributed by atoms with Crippen LogP contribution in [0.1, 0.15) is 31.8 Å². The molecule has 0 saturated carbocycles. The second-order valence-corrected chi connectivity index (χ2v) is 5.85. The van der Waals surface area contributed by atoms with Gasteiger partial charge in [0, 0.05) is 50.7 Å². The molecule has 22 heavy (non-hydrogen) atoms. The maximum atomic E-state index is 13.1. The van der Waals surface area contributed by atoms with E-state index in [2.05, 4.69) is 0 Å². The molecule has 0 aliphatic heterocycles. The van der Waals surface area contributed by atoms with E-state index in [1.807, 2.05) is 62.3 Å². The van der Waals surface area contributed by atoms with Gasteiger partial charge in [0.2, 0.25) is 0 Å². The molecule has 0 atom stereocenters. The van der Waals surface area contributed by atoms with Crippen LogP contribution in [0, 0.1) is 0 Å². The Kier molecular flexibility index (Phi) is 3.24. The van der Waals surface area contributed by atoms with Crippen LogP contribution >= 0.6 is 0 Å². The van der Waals surface area contributed by atoms with E-state index in [1.54, 1.807) is 12.1 Å². The second-order valence-electron chi connectivity index (χ2n) is 5.85. The molecule has 2 aromatic rings. The smallest absolute Gasteiger partial charge is 0.198 e. The van der Waals surface area contributed by atoms with Crippen LogP contribution in [0.25, 0.3) is 0 Å². The van der Waals surface area contributed by atoms with Gasteiger partial charge >= 0.3 is 0 Å². The Morgan fingerprint density at radius 3 is 1.41 bits per heavy atom. The summed E-state index contributed by atoms with van der Waals surface area (Å²) in [7, 11) is 7.50. The number of ketones is 2. The first-order valence-electron chi connectivity index (χ1n) is 7.13. The van der Waals surface area contributed by atoms with Gasteiger partial charge in [0.1, 0.15) is 0 Å². The zero-order valence-corrected chi connectivity index (χ0v) is 13.2. The molecular weight excluding hydrogens is 276 g/mol. The fourth-order valence-electron chi connectivity index (χ4n) is 2.95. The van der Waals surface area contributed by atoms with Gasteiger partial charge in [-0.1, -0.05) is 24.3 Å². The Morgan fingerprint density at radius 2 is 1.05 bits per heavy atom. The average molecular weight is 294 g/mol. The van der Waals surface area contributed by atoms with Crippen LogP contribution in [-0.2, 0) is 0 Å². The Labute approximate surface area is 130 Å². The molecule has 1 aliphatic rings. The van der Waals surface area contributed by atoms with Crippen molar-refractivity contribution >= 4 is 22.9 Å². The predicted octanol–water partition coefficient (Wildman–Crippen LogP) is 2.59. The number of anilines is 2. The number of hydrogen-bond acceptors (Lipinski definition) is 4. The molecule has 112 valence electrons. The number of benzene rings is 2. The molecule has 0 bridgehead atoms. The van der Waals surface area contributed by atoms with Crippen LogP contribution in [0.4, 0.5) is 11.4 Å². The summed E-state index contributed by atoms with van der Waals surface area (Å²) in [5.74, 6) is -0.171. The first kappa shape index (κ1) is 14.3. The van der Waals surface area contributed by atoms with E-state index < -0.39 is 0 Å². The van der Waals surface area contributed by atoms with Crippen molar-refractivity contribution in [3.63, 3.8) is 0 Å². The number of rotatable bonds is 2. The van der Waals surface area contributed by atoms with Crippen molar-refractivity contribution in [2.75, 3.05) is 38.0 Å². The maximum Gasteiger partial charge on any atom is 0.198 e. The van der Waals surface area contributed by atoms with Crippen molar-refractivity contribution in [3.05, 3.63) is 58.7 Å². The van der Waals surface area contributed by atoms with E-state index in [4.69, 9.17) is 0 Å². The lowest BCUT2D eigenvalue weighted by Gasteiger charge is -2.26. The molecule has 1 aliphatic carbocycles. The van der Waals surface area contributed by atoms with Gasteiger partial charge in [0.05, 0.1) is 11.1 Å². The molecule has 0 unspecified atom stereocenters. The molecule has 0 fully saturated rings. The zero-order chi connectivity index (χ0) is 16.0. The zero-order valence-electron chi connectivity index (χ0n) is 13.2. The Hall–Kier alpha value is -2.62. The second kappa shape index (κ2) is 4.98. The summed E-state index contributed by atoms with van der Waals surface area (Å²) in [6.07, 6.45) is 0. The Balaban J connectivity index is 2.34. The van der Waals surface area contributed by atoms with Crippen molar-refractivity contribution in [2.24, 2.45) is 0 Å². The SMILES string of the molecule is CN(C)c1cccc2c1C(=O)c1c(cccc1N(C)C)C2=O. The molecule has 0 N–H and O–H groups in total. The third-order valence-electron chi connectivity index (χ3n) is 3.99. The van der Waals surface area contributed by atoms with Crippen molar-refractivity contribution < 1.29 is 9.59 Å². The largest absolute Gasteiger partial charge is 0.377 e. The lowest BCUT2D eigenvalue weighted by Crippen LogP contribution is -2.27. The van der Waals surface area contributed by atoms with Gasteiger partial charge in [0.25, 0.3) is 0 Å². The Bertz CT molecular complexity index is 728. The van der Waals surface area contributed by atoms with Crippen molar-refractivity contribution in [1.82, 2.24) is 0 Å². The number of carbonyl (C=O) groups is 2. The summed E-state index contributed by atoms with van der Waals surface area (Å²) >= 11 is 0. The van der Waals surface area contributed by atoms with E-state index in [-0.39, 0.29) is 11.6 Å². The van der Waals surface area contributed by atoms with E-state index in [1.165, 1.54) is 0 Å². The third kappa shape index (κ3) is 1.91. The van der Waals surface area contributed by atoms with Crippen LogP contribution < -0.4 is 9.80 Å². The fourth-order valence-corrected chi connectivity index (χ4v) is 2.95. The highest BCUT2D eigenvalue weighted by Crippen LogP contribution is 2.36. The first-order valence-corrected chi connectivity index (χ1v) is 7.13. The molecule has 2 aromatic carbocycles. The topological polar surface area (TPSA) is 40.6 Å². The maximum absolute atomic E-state index is 13.1. The van der Waals surface area contributed by atoms with Gasteiger partial charge in [-0.25, -0.2) is 0 Å². The highest BCUT2D eigenvalue weighted by molar-refractivity contribution is 6.31. The molecule has 0 aromatic heterocycles. The normalized spacial score (nSPS) is 12.7.